The fraction of sp³-hybridized carbons (Fsp3) is 0.238. The van der Waals surface area contributed by atoms with Gasteiger partial charge >= 0.3 is 0 Å². The molecule has 4 aromatic rings. The van der Waals surface area contributed by atoms with Crippen molar-refractivity contribution in [3.63, 3.8) is 0 Å². The van der Waals surface area contributed by atoms with Crippen LogP contribution in [0.3, 0.4) is 0 Å². The van der Waals surface area contributed by atoms with E-state index in [0.717, 1.165) is 33.7 Å². The number of benzene rings is 1. The Morgan fingerprint density at radius 3 is 2.82 bits per heavy atom. The highest BCUT2D eigenvalue weighted by Crippen LogP contribution is 2.38. The minimum atomic E-state index is -0.112. The van der Waals surface area contributed by atoms with Gasteiger partial charge in [-0.3, -0.25) is 9.48 Å². The molecule has 0 bridgehead atoms. The Labute approximate surface area is 162 Å². The normalized spacial score (nSPS) is 16.2. The second-order valence-corrected chi connectivity index (χ2v) is 7.30. The molecule has 7 nitrogen and oxygen atoms in total. The molecule has 5 rings (SSSR count). The van der Waals surface area contributed by atoms with E-state index >= 15 is 0 Å². The van der Waals surface area contributed by atoms with E-state index in [1.54, 1.807) is 0 Å². The van der Waals surface area contributed by atoms with Crippen LogP contribution in [-0.2, 0) is 11.3 Å². The molecule has 3 aromatic heterocycles. The summed E-state index contributed by atoms with van der Waals surface area (Å²) in [7, 11) is 0. The third-order valence-electron chi connectivity index (χ3n) is 5.18. The molecule has 0 radical (unpaired) electrons. The van der Waals surface area contributed by atoms with Gasteiger partial charge in [-0.2, -0.15) is 10.2 Å². The van der Waals surface area contributed by atoms with E-state index < -0.39 is 0 Å². The number of hydrogen-bond acceptors (Lipinski definition) is 4. The molecule has 0 saturated heterocycles. The van der Waals surface area contributed by atoms with Gasteiger partial charge in [0.15, 0.2) is 11.5 Å². The van der Waals surface area contributed by atoms with Crippen LogP contribution in [0.25, 0.3) is 5.65 Å². The van der Waals surface area contributed by atoms with Gasteiger partial charge in [-0.05, 0) is 25.5 Å². The summed E-state index contributed by atoms with van der Waals surface area (Å²) >= 11 is 0. The number of anilines is 1. The fourth-order valence-electron chi connectivity index (χ4n) is 3.93. The van der Waals surface area contributed by atoms with Crippen LogP contribution < -0.4 is 5.32 Å². The van der Waals surface area contributed by atoms with Crippen LogP contribution >= 0.6 is 0 Å². The summed E-state index contributed by atoms with van der Waals surface area (Å²) in [6.07, 6.45) is 4.22. The van der Waals surface area contributed by atoms with Crippen LogP contribution in [-0.4, -0.2) is 30.3 Å². The lowest BCUT2D eigenvalue weighted by molar-refractivity contribution is -0.116. The summed E-state index contributed by atoms with van der Waals surface area (Å²) < 4.78 is 3.72. The molecule has 1 N–H and O–H groups in total. The Kier molecular flexibility index (Phi) is 3.75. The third kappa shape index (κ3) is 2.76. The molecule has 0 saturated carbocycles. The number of carbonyl (C=O) groups excluding carboxylic acids is 1. The molecule has 140 valence electrons. The molecule has 0 spiro atoms. The number of nitrogens with one attached hydrogen (secondary N) is 1. The van der Waals surface area contributed by atoms with Crippen molar-refractivity contribution in [2.24, 2.45) is 0 Å². The van der Waals surface area contributed by atoms with Crippen LogP contribution in [0.2, 0.25) is 0 Å². The van der Waals surface area contributed by atoms with Crippen LogP contribution in [0.5, 0.6) is 0 Å². The molecule has 1 atom stereocenters. The zero-order valence-corrected chi connectivity index (χ0v) is 15.8. The van der Waals surface area contributed by atoms with Gasteiger partial charge in [-0.1, -0.05) is 30.3 Å². The predicted octanol–water partition coefficient (Wildman–Crippen LogP) is 3.07. The number of hydrogen-bond donors (Lipinski definition) is 1. The number of nitrogens with zero attached hydrogens (tertiary/aromatic N) is 5. The second-order valence-electron chi connectivity index (χ2n) is 7.30. The van der Waals surface area contributed by atoms with Gasteiger partial charge in [0, 0.05) is 41.1 Å². The molecule has 1 amide bonds. The van der Waals surface area contributed by atoms with Crippen molar-refractivity contribution in [1.29, 1.82) is 0 Å². The van der Waals surface area contributed by atoms with E-state index in [1.165, 1.54) is 0 Å². The maximum Gasteiger partial charge on any atom is 0.226 e. The standard InChI is InChI=1S/C21H20N6O/c1-13-8-14(2)27-21(23-13)17(10-22-27)16-9-19(28)24-20-18(16)12-26(25-20)11-15-6-4-3-5-7-15/h3-8,10,12,16H,9,11H2,1-2H3,(H,24,25,28)/t16-/m1/s1. The van der Waals surface area contributed by atoms with Crippen LogP contribution in [0.4, 0.5) is 5.82 Å². The molecule has 0 aliphatic carbocycles. The quantitative estimate of drug-likeness (QED) is 0.600. The Morgan fingerprint density at radius 2 is 2.00 bits per heavy atom. The highest BCUT2D eigenvalue weighted by Gasteiger charge is 2.32. The summed E-state index contributed by atoms with van der Waals surface area (Å²) in [5, 5.41) is 12.0. The van der Waals surface area contributed by atoms with Gasteiger partial charge < -0.3 is 5.32 Å². The lowest BCUT2D eigenvalue weighted by Gasteiger charge is -2.20. The Hall–Kier alpha value is -3.48. The molecule has 0 fully saturated rings. The first-order chi connectivity index (χ1) is 13.6. The van der Waals surface area contributed by atoms with E-state index in [9.17, 15) is 4.79 Å². The lowest BCUT2D eigenvalue weighted by Crippen LogP contribution is -2.23. The smallest absolute Gasteiger partial charge is 0.226 e. The summed E-state index contributed by atoms with van der Waals surface area (Å²) in [5.41, 5.74) is 5.89. The Balaban J connectivity index is 1.59. The topological polar surface area (TPSA) is 77.1 Å². The maximum atomic E-state index is 12.4. The van der Waals surface area contributed by atoms with Crippen molar-refractivity contribution >= 4 is 17.4 Å². The number of amides is 1. The van der Waals surface area contributed by atoms with Gasteiger partial charge in [-0.25, -0.2) is 9.50 Å². The van der Waals surface area contributed by atoms with Crippen LogP contribution in [0.15, 0.2) is 48.8 Å². The van der Waals surface area contributed by atoms with Gasteiger partial charge in [0.05, 0.1) is 12.7 Å². The number of fused-ring (bicyclic) bond motifs is 2. The molecule has 4 heterocycles. The van der Waals surface area contributed by atoms with Crippen molar-refractivity contribution in [3.05, 3.63) is 76.9 Å². The van der Waals surface area contributed by atoms with Crippen molar-refractivity contribution in [1.82, 2.24) is 24.4 Å². The third-order valence-corrected chi connectivity index (χ3v) is 5.18. The summed E-state index contributed by atoms with van der Waals surface area (Å²) in [6.45, 7) is 4.64. The van der Waals surface area contributed by atoms with E-state index in [2.05, 4.69) is 32.6 Å². The molecule has 1 aromatic carbocycles. The van der Waals surface area contributed by atoms with E-state index in [4.69, 9.17) is 0 Å². The molecule has 28 heavy (non-hydrogen) atoms. The molecule has 7 heteroatoms. The minimum absolute atomic E-state index is 0.0359. The first-order valence-electron chi connectivity index (χ1n) is 9.31. The SMILES string of the molecule is Cc1cc(C)n2ncc([C@H]3CC(=O)Nc4nn(Cc5ccccc5)cc43)c2n1. The number of rotatable bonds is 3. The average Bonchev–Trinajstić information content (AvgIpc) is 3.25. The fourth-order valence-corrected chi connectivity index (χ4v) is 3.93. The Bertz CT molecular complexity index is 1190. The zero-order chi connectivity index (χ0) is 19.3. The predicted molar refractivity (Wildman–Crippen MR) is 105 cm³/mol. The molecular weight excluding hydrogens is 352 g/mol. The van der Waals surface area contributed by atoms with Gasteiger partial charge in [0.1, 0.15) is 0 Å². The van der Waals surface area contributed by atoms with Crippen molar-refractivity contribution in [3.8, 4) is 0 Å². The summed E-state index contributed by atoms with van der Waals surface area (Å²) in [4.78, 5) is 17.0. The average molecular weight is 372 g/mol. The van der Waals surface area contributed by atoms with E-state index in [0.29, 0.717) is 18.8 Å². The highest BCUT2D eigenvalue weighted by atomic mass is 16.1. The van der Waals surface area contributed by atoms with Crippen LogP contribution in [0, 0.1) is 13.8 Å². The molecule has 1 aliphatic heterocycles. The largest absolute Gasteiger partial charge is 0.309 e. The highest BCUT2D eigenvalue weighted by molar-refractivity contribution is 5.94. The number of aryl methyl sites for hydroxylation is 2. The van der Waals surface area contributed by atoms with E-state index in [-0.39, 0.29) is 11.8 Å². The van der Waals surface area contributed by atoms with Crippen molar-refractivity contribution in [2.75, 3.05) is 5.32 Å². The van der Waals surface area contributed by atoms with Crippen LogP contribution in [0.1, 0.15) is 40.4 Å². The molecule has 1 aliphatic rings. The lowest BCUT2D eigenvalue weighted by atomic mass is 9.89. The monoisotopic (exact) mass is 372 g/mol. The first kappa shape index (κ1) is 16.7. The van der Waals surface area contributed by atoms with Gasteiger partial charge in [0.2, 0.25) is 5.91 Å². The Morgan fingerprint density at radius 1 is 1.18 bits per heavy atom. The number of carbonyl (C=O) groups is 1. The molecular formula is C21H20N6O. The molecule has 0 unspecified atom stereocenters. The van der Waals surface area contributed by atoms with Gasteiger partial charge in [-0.15, -0.1) is 0 Å². The minimum Gasteiger partial charge on any atom is -0.309 e. The van der Waals surface area contributed by atoms with E-state index in [1.807, 2.05) is 59.7 Å². The summed E-state index contributed by atoms with van der Waals surface area (Å²) in [5.74, 6) is 0.478. The summed E-state index contributed by atoms with van der Waals surface area (Å²) in [6, 6.07) is 12.2. The van der Waals surface area contributed by atoms with Gasteiger partial charge in [0.25, 0.3) is 0 Å². The second kappa shape index (κ2) is 6.30. The van der Waals surface area contributed by atoms with Crippen molar-refractivity contribution in [2.45, 2.75) is 32.7 Å². The number of aromatic nitrogens is 5. The zero-order valence-electron chi connectivity index (χ0n) is 15.8. The first-order valence-corrected chi connectivity index (χ1v) is 9.31. The maximum absolute atomic E-state index is 12.4. The van der Waals surface area contributed by atoms with Crippen molar-refractivity contribution < 1.29 is 4.79 Å².